The van der Waals surface area contributed by atoms with E-state index in [-0.39, 0.29) is 17.9 Å². The second-order valence-electron chi connectivity index (χ2n) is 6.03. The summed E-state index contributed by atoms with van der Waals surface area (Å²) in [5, 5.41) is 6.64. The SMILES string of the molecule is O=C1CCC(c2cccc(NC(=O)c3cnc4ccncc4c3)c2)N1. The van der Waals surface area contributed by atoms with Crippen molar-refractivity contribution in [3.63, 3.8) is 0 Å². The first kappa shape index (κ1) is 15.3. The lowest BCUT2D eigenvalue weighted by molar-refractivity contribution is -0.119. The van der Waals surface area contributed by atoms with E-state index in [9.17, 15) is 9.59 Å². The Hall–Kier alpha value is -3.28. The average molecular weight is 332 g/mol. The van der Waals surface area contributed by atoms with Gasteiger partial charge in [0.05, 0.1) is 17.1 Å². The van der Waals surface area contributed by atoms with Crippen LogP contribution in [0.4, 0.5) is 5.69 Å². The molecule has 1 aliphatic heterocycles. The van der Waals surface area contributed by atoms with Crippen LogP contribution in [0.5, 0.6) is 0 Å². The number of carbonyl (C=O) groups is 2. The summed E-state index contributed by atoms with van der Waals surface area (Å²) >= 11 is 0. The zero-order valence-corrected chi connectivity index (χ0v) is 13.4. The Labute approximate surface area is 144 Å². The third kappa shape index (κ3) is 3.19. The molecule has 0 radical (unpaired) electrons. The standard InChI is InChI=1S/C19H16N4O2/c24-18-5-4-17(23-18)12-2-1-3-15(9-12)22-19(25)14-8-13-10-20-7-6-16(13)21-11-14/h1-3,6-11,17H,4-5H2,(H,22,25)(H,23,24). The Balaban J connectivity index is 1.54. The Morgan fingerprint density at radius 1 is 1.20 bits per heavy atom. The number of benzene rings is 1. The van der Waals surface area contributed by atoms with Crippen molar-refractivity contribution in [3.05, 3.63) is 66.1 Å². The maximum Gasteiger partial charge on any atom is 0.257 e. The Morgan fingerprint density at radius 3 is 2.96 bits per heavy atom. The molecule has 1 unspecified atom stereocenters. The van der Waals surface area contributed by atoms with Crippen LogP contribution in [0.25, 0.3) is 10.9 Å². The zero-order valence-electron chi connectivity index (χ0n) is 13.4. The van der Waals surface area contributed by atoms with Crippen molar-refractivity contribution in [2.75, 3.05) is 5.32 Å². The molecule has 25 heavy (non-hydrogen) atoms. The summed E-state index contributed by atoms with van der Waals surface area (Å²) in [5.41, 5.74) is 2.95. The van der Waals surface area contributed by atoms with Crippen LogP contribution in [0.2, 0.25) is 0 Å². The summed E-state index contributed by atoms with van der Waals surface area (Å²) in [6.07, 6.45) is 6.22. The normalized spacial score (nSPS) is 16.6. The highest BCUT2D eigenvalue weighted by atomic mass is 16.2. The van der Waals surface area contributed by atoms with Crippen molar-refractivity contribution in [2.24, 2.45) is 0 Å². The summed E-state index contributed by atoms with van der Waals surface area (Å²) in [6.45, 7) is 0. The number of amides is 2. The number of nitrogens with zero attached hydrogens (tertiary/aromatic N) is 2. The number of anilines is 1. The van der Waals surface area contributed by atoms with Gasteiger partial charge in [-0.3, -0.25) is 19.6 Å². The highest BCUT2D eigenvalue weighted by Gasteiger charge is 2.22. The van der Waals surface area contributed by atoms with E-state index in [2.05, 4.69) is 20.6 Å². The first-order chi connectivity index (χ1) is 12.2. The van der Waals surface area contributed by atoms with Gasteiger partial charge in [-0.1, -0.05) is 12.1 Å². The molecule has 1 fully saturated rings. The number of carbonyl (C=O) groups excluding carboxylic acids is 2. The van der Waals surface area contributed by atoms with E-state index in [0.717, 1.165) is 22.9 Å². The largest absolute Gasteiger partial charge is 0.349 e. The quantitative estimate of drug-likeness (QED) is 0.772. The highest BCUT2D eigenvalue weighted by molar-refractivity contribution is 6.05. The predicted octanol–water partition coefficient (Wildman–Crippen LogP) is 2.83. The van der Waals surface area contributed by atoms with E-state index >= 15 is 0 Å². The molecule has 2 N–H and O–H groups in total. The fraction of sp³-hybridized carbons (Fsp3) is 0.158. The second-order valence-corrected chi connectivity index (χ2v) is 6.03. The molecule has 0 bridgehead atoms. The van der Waals surface area contributed by atoms with Crippen molar-refractivity contribution >= 4 is 28.4 Å². The van der Waals surface area contributed by atoms with Crippen molar-refractivity contribution in [2.45, 2.75) is 18.9 Å². The molecule has 1 aliphatic rings. The molecular formula is C19H16N4O2. The number of pyridine rings is 2. The first-order valence-electron chi connectivity index (χ1n) is 8.09. The third-order valence-corrected chi connectivity index (χ3v) is 4.29. The Kier molecular flexibility index (Phi) is 3.85. The molecule has 6 heteroatoms. The topological polar surface area (TPSA) is 84.0 Å². The van der Waals surface area contributed by atoms with Gasteiger partial charge in [0.25, 0.3) is 5.91 Å². The molecule has 4 rings (SSSR count). The summed E-state index contributed by atoms with van der Waals surface area (Å²) in [4.78, 5) is 32.2. The minimum Gasteiger partial charge on any atom is -0.349 e. The van der Waals surface area contributed by atoms with Gasteiger partial charge >= 0.3 is 0 Å². The fourth-order valence-corrected chi connectivity index (χ4v) is 3.00. The Morgan fingerprint density at radius 2 is 2.12 bits per heavy atom. The van der Waals surface area contributed by atoms with Gasteiger partial charge in [-0.05, 0) is 36.2 Å². The highest BCUT2D eigenvalue weighted by Crippen LogP contribution is 2.26. The molecule has 0 saturated carbocycles. The Bertz CT molecular complexity index is 970. The van der Waals surface area contributed by atoms with E-state index in [1.165, 1.54) is 0 Å². The summed E-state index contributed by atoms with van der Waals surface area (Å²) in [6, 6.07) is 11.1. The number of rotatable bonds is 3. The number of nitrogens with one attached hydrogen (secondary N) is 2. The lowest BCUT2D eigenvalue weighted by Gasteiger charge is -2.12. The van der Waals surface area contributed by atoms with Gasteiger partial charge in [0, 0.05) is 36.1 Å². The van der Waals surface area contributed by atoms with E-state index < -0.39 is 0 Å². The van der Waals surface area contributed by atoms with Crippen LogP contribution in [0, 0.1) is 0 Å². The monoisotopic (exact) mass is 332 g/mol. The average Bonchev–Trinajstić information content (AvgIpc) is 3.08. The van der Waals surface area contributed by atoms with Crippen LogP contribution >= 0.6 is 0 Å². The molecular weight excluding hydrogens is 316 g/mol. The smallest absolute Gasteiger partial charge is 0.257 e. The van der Waals surface area contributed by atoms with E-state index in [1.807, 2.05) is 24.3 Å². The maximum atomic E-state index is 12.5. The molecule has 0 spiro atoms. The van der Waals surface area contributed by atoms with E-state index in [1.54, 1.807) is 30.7 Å². The molecule has 2 aromatic heterocycles. The van der Waals surface area contributed by atoms with E-state index in [4.69, 9.17) is 0 Å². The van der Waals surface area contributed by atoms with Gasteiger partial charge in [-0.15, -0.1) is 0 Å². The zero-order chi connectivity index (χ0) is 17.2. The van der Waals surface area contributed by atoms with Crippen molar-refractivity contribution in [1.29, 1.82) is 0 Å². The van der Waals surface area contributed by atoms with Crippen LogP contribution in [0.3, 0.4) is 0 Å². The van der Waals surface area contributed by atoms with Crippen LogP contribution in [0.15, 0.2) is 55.0 Å². The molecule has 124 valence electrons. The fourth-order valence-electron chi connectivity index (χ4n) is 3.00. The van der Waals surface area contributed by atoms with Crippen LogP contribution in [-0.2, 0) is 4.79 Å². The van der Waals surface area contributed by atoms with Crippen LogP contribution in [0.1, 0.15) is 34.8 Å². The lowest BCUT2D eigenvalue weighted by Crippen LogP contribution is -2.18. The van der Waals surface area contributed by atoms with Gasteiger partial charge in [-0.2, -0.15) is 0 Å². The minimum atomic E-state index is -0.231. The van der Waals surface area contributed by atoms with Gasteiger partial charge < -0.3 is 10.6 Å². The molecule has 2 amide bonds. The molecule has 1 aromatic carbocycles. The predicted molar refractivity (Wildman–Crippen MR) is 94.1 cm³/mol. The lowest BCUT2D eigenvalue weighted by atomic mass is 10.0. The van der Waals surface area contributed by atoms with Crippen LogP contribution in [-0.4, -0.2) is 21.8 Å². The summed E-state index contributed by atoms with van der Waals surface area (Å²) in [7, 11) is 0. The van der Waals surface area contributed by atoms with Crippen molar-refractivity contribution in [1.82, 2.24) is 15.3 Å². The minimum absolute atomic E-state index is 0.0118. The second kappa shape index (κ2) is 6.32. The number of aromatic nitrogens is 2. The third-order valence-electron chi connectivity index (χ3n) is 4.29. The molecule has 3 heterocycles. The maximum absolute atomic E-state index is 12.5. The van der Waals surface area contributed by atoms with Gasteiger partial charge in [0.1, 0.15) is 0 Å². The van der Waals surface area contributed by atoms with Gasteiger partial charge in [0.15, 0.2) is 0 Å². The van der Waals surface area contributed by atoms with Gasteiger partial charge in [-0.25, -0.2) is 0 Å². The first-order valence-corrected chi connectivity index (χ1v) is 8.09. The van der Waals surface area contributed by atoms with Crippen molar-refractivity contribution < 1.29 is 9.59 Å². The van der Waals surface area contributed by atoms with Crippen LogP contribution < -0.4 is 10.6 Å². The molecule has 6 nitrogen and oxygen atoms in total. The molecule has 3 aromatic rings. The number of hydrogen-bond donors (Lipinski definition) is 2. The number of hydrogen-bond acceptors (Lipinski definition) is 4. The summed E-state index contributed by atoms with van der Waals surface area (Å²) < 4.78 is 0. The van der Waals surface area contributed by atoms with Crippen molar-refractivity contribution in [3.8, 4) is 0 Å². The molecule has 1 atom stereocenters. The molecule has 1 saturated heterocycles. The summed E-state index contributed by atoms with van der Waals surface area (Å²) in [5.74, 6) is -0.166. The molecule has 0 aliphatic carbocycles. The van der Waals surface area contributed by atoms with E-state index in [0.29, 0.717) is 17.7 Å². The van der Waals surface area contributed by atoms with Gasteiger partial charge in [0.2, 0.25) is 5.91 Å². The number of fused-ring (bicyclic) bond motifs is 1.